The first-order valence-electron chi connectivity index (χ1n) is 0.333. The van der Waals surface area contributed by atoms with Gasteiger partial charge in [-0.1, -0.05) is 0 Å². The molecule has 0 aromatic carbocycles. The molecular formula is C2H4ArO. The van der Waals surface area contributed by atoms with E-state index in [-0.39, 0.29) is 43.2 Å². The number of hydrogen-bond acceptors (Lipinski definition) is 0. The molecule has 26 valence electrons. The Balaban J connectivity index is -0.00000000500. The Labute approximate surface area is 55.7 Å². The Morgan fingerprint density at radius 1 is 1.00 bits per heavy atom. The maximum atomic E-state index is 4.00. The molecule has 0 saturated carbocycles. The Kier molecular flexibility index (Phi) is 259. The number of rotatable bonds is 0. The summed E-state index contributed by atoms with van der Waals surface area (Å²) in [5.41, 5.74) is 0. The van der Waals surface area contributed by atoms with Crippen molar-refractivity contribution in [2.75, 3.05) is 0 Å². The van der Waals surface area contributed by atoms with Gasteiger partial charge in [-0.3, -0.25) is 0 Å². The molecule has 0 radical (unpaired) electrons. The summed E-state index contributed by atoms with van der Waals surface area (Å²) in [7, 11) is 0. The van der Waals surface area contributed by atoms with Gasteiger partial charge in [0, 0.05) is 37.7 Å². The molecule has 0 aromatic heterocycles. The zero-order valence-corrected chi connectivity index (χ0v) is 2.72. The van der Waals surface area contributed by atoms with E-state index in [1.54, 1.807) is 0 Å². The summed E-state index contributed by atoms with van der Waals surface area (Å²) >= 11 is 0. The Hall–Kier alpha value is 0.780. The van der Waals surface area contributed by atoms with Crippen LogP contribution in [0.4, 0.5) is 0 Å². The Morgan fingerprint density at radius 2 is 1.00 bits per heavy atom. The molecule has 0 amide bonds. The summed E-state index contributed by atoms with van der Waals surface area (Å²) in [6.07, 6.45) is 8.00. The smallest absolute Gasteiger partial charge is 0 e. The summed E-state index contributed by atoms with van der Waals surface area (Å²) in [5.74, 6) is 0. The maximum absolute atomic E-state index is 4.00. The summed E-state index contributed by atoms with van der Waals surface area (Å²) < 4.78 is 0. The van der Waals surface area contributed by atoms with Crippen LogP contribution in [0.25, 0.3) is 0 Å². The molecule has 0 spiro atoms. The van der Waals surface area contributed by atoms with Crippen molar-refractivity contribution < 1.29 is 43.2 Å². The third-order valence-corrected chi connectivity index (χ3v) is 0. The summed E-state index contributed by atoms with van der Waals surface area (Å²) in [5, 5.41) is 0. The van der Waals surface area contributed by atoms with Gasteiger partial charge in [0.2, 0.25) is 0 Å². The van der Waals surface area contributed by atoms with Crippen LogP contribution in [0.5, 0.6) is 0 Å². The van der Waals surface area contributed by atoms with Gasteiger partial charge in [-0.25, -0.2) is 0 Å². The van der Waals surface area contributed by atoms with Crippen molar-refractivity contribution in [1.29, 1.82) is 0 Å². The van der Waals surface area contributed by atoms with Crippen molar-refractivity contribution in [2.45, 2.75) is 0 Å². The van der Waals surface area contributed by atoms with Gasteiger partial charge < -0.3 is 5.48 Å². The fourth-order valence-corrected chi connectivity index (χ4v) is 0. The fourth-order valence-electron chi connectivity index (χ4n) is 0. The van der Waals surface area contributed by atoms with Gasteiger partial charge in [-0.15, -0.1) is 12.8 Å². The molecule has 0 atom stereocenters. The molecule has 2 heteroatoms. The van der Waals surface area contributed by atoms with E-state index in [2.05, 4.69) is 12.8 Å². The van der Waals surface area contributed by atoms with Gasteiger partial charge in [0.15, 0.2) is 0 Å². The monoisotopic (exact) mass is 84.0 g/mol. The van der Waals surface area contributed by atoms with Crippen molar-refractivity contribution in [1.82, 2.24) is 0 Å². The van der Waals surface area contributed by atoms with Gasteiger partial charge in [0.25, 0.3) is 0 Å². The predicted molar refractivity (Wildman–Crippen MR) is 13.5 cm³/mol. The normalized spacial score (nSPS) is 0.500. The first-order chi connectivity index (χ1) is 1.00. The van der Waals surface area contributed by atoms with Crippen LogP contribution in [-0.2, 0) is 0 Å². The van der Waals surface area contributed by atoms with E-state index in [4.69, 9.17) is 0 Å². The van der Waals surface area contributed by atoms with Crippen molar-refractivity contribution in [3.63, 3.8) is 0 Å². The van der Waals surface area contributed by atoms with Gasteiger partial charge in [0.1, 0.15) is 0 Å². The first-order valence-corrected chi connectivity index (χ1v) is 0.333. The van der Waals surface area contributed by atoms with Gasteiger partial charge in [-0.05, 0) is 0 Å². The van der Waals surface area contributed by atoms with Crippen LogP contribution < -0.4 is 0 Å². The van der Waals surface area contributed by atoms with Crippen molar-refractivity contribution in [3.05, 3.63) is 0 Å². The van der Waals surface area contributed by atoms with E-state index in [1.807, 2.05) is 0 Å². The predicted octanol–water partition coefficient (Wildman–Crippen LogP) is -0.575. The number of terminal acetylenes is 1. The van der Waals surface area contributed by atoms with Gasteiger partial charge >= 0.3 is 0 Å². The molecule has 0 fully saturated rings. The second-order valence-electron chi connectivity index (χ2n) is 0. The molecule has 1 nitrogen and oxygen atoms in total. The first kappa shape index (κ1) is 21.6. The molecular weight excluding hydrogens is 80.0 g/mol. The molecule has 0 unspecified atom stereocenters. The van der Waals surface area contributed by atoms with Crippen LogP contribution in [0.3, 0.4) is 0 Å². The summed E-state index contributed by atoms with van der Waals surface area (Å²) in [6.45, 7) is 0. The van der Waals surface area contributed by atoms with E-state index >= 15 is 0 Å². The van der Waals surface area contributed by atoms with E-state index in [9.17, 15) is 0 Å². The standard InChI is InChI=1S/C2H2.Ar.H2O/c1-2;;/h1-2H;;1H2. The van der Waals surface area contributed by atoms with Crippen LogP contribution in [0, 0.1) is 50.6 Å². The van der Waals surface area contributed by atoms with Crippen molar-refractivity contribution in [2.24, 2.45) is 0 Å². The molecule has 0 saturated heterocycles. The van der Waals surface area contributed by atoms with Crippen LogP contribution in [-0.4, -0.2) is 5.48 Å². The SMILES string of the molecule is C#C.O.[Ar]. The maximum Gasteiger partial charge on any atom is 0 e. The minimum absolute atomic E-state index is 0. The molecule has 4 heavy (non-hydrogen) atoms. The quantitative estimate of drug-likeness (QED) is 0.352. The van der Waals surface area contributed by atoms with Gasteiger partial charge in [0.05, 0.1) is 0 Å². The van der Waals surface area contributed by atoms with E-state index in [1.165, 1.54) is 0 Å². The molecule has 2 N–H and O–H groups in total. The zero-order chi connectivity index (χ0) is 2.00. The minimum atomic E-state index is 0. The van der Waals surface area contributed by atoms with Crippen LogP contribution in [0.2, 0.25) is 0 Å². The van der Waals surface area contributed by atoms with Gasteiger partial charge in [-0.2, -0.15) is 0 Å². The second kappa shape index (κ2) is 48.0. The molecule has 0 heterocycles. The summed E-state index contributed by atoms with van der Waals surface area (Å²) in [4.78, 5) is 0. The molecule has 0 bridgehead atoms. The third kappa shape index (κ3) is 14.5. The molecule has 0 aromatic rings. The molecule has 0 aliphatic rings. The Morgan fingerprint density at radius 3 is 1.00 bits per heavy atom. The average molecular weight is 84.0 g/mol. The van der Waals surface area contributed by atoms with Crippen LogP contribution in [0.15, 0.2) is 0 Å². The van der Waals surface area contributed by atoms with E-state index in [0.29, 0.717) is 0 Å². The average Bonchev–Trinajstić information content (AvgIpc) is 1.00. The minimum Gasteiger partial charge on any atom is -0.412 e. The molecule has 0 rings (SSSR count). The Bertz CT molecular complexity index is 10.8. The van der Waals surface area contributed by atoms with Crippen molar-refractivity contribution >= 4 is 0 Å². The molecule has 0 aliphatic carbocycles. The largest absolute Gasteiger partial charge is 0.412 e. The van der Waals surface area contributed by atoms with Crippen LogP contribution >= 0.6 is 0 Å². The number of hydrogen-bond donors (Lipinski definition) is 0. The molecule has 0 aliphatic heterocycles. The third-order valence-electron chi connectivity index (χ3n) is 0. The zero-order valence-electron chi connectivity index (χ0n) is 2.01. The summed E-state index contributed by atoms with van der Waals surface area (Å²) in [6, 6.07) is 0. The van der Waals surface area contributed by atoms with E-state index in [0.717, 1.165) is 0 Å². The fraction of sp³-hybridized carbons (Fsp3) is 0. The van der Waals surface area contributed by atoms with E-state index < -0.39 is 0 Å². The van der Waals surface area contributed by atoms with Crippen molar-refractivity contribution in [3.8, 4) is 12.8 Å². The topological polar surface area (TPSA) is 31.5 Å². The van der Waals surface area contributed by atoms with Crippen LogP contribution in [0.1, 0.15) is 0 Å². The second-order valence-corrected chi connectivity index (χ2v) is 0.